The Labute approximate surface area is 81.8 Å². The molecule has 1 amide bonds. The minimum absolute atomic E-state index is 0.105. The Morgan fingerprint density at radius 2 is 2.57 bits per heavy atom. The van der Waals surface area contributed by atoms with E-state index in [4.69, 9.17) is 4.74 Å². The van der Waals surface area contributed by atoms with E-state index in [2.05, 4.69) is 15.5 Å². The fraction of sp³-hybridized carbons (Fsp3) is 0.556. The summed E-state index contributed by atoms with van der Waals surface area (Å²) in [5.41, 5.74) is 1.25. The van der Waals surface area contributed by atoms with Gasteiger partial charge in [-0.05, 0) is 18.9 Å². The lowest BCUT2D eigenvalue weighted by Crippen LogP contribution is -2.25. The van der Waals surface area contributed by atoms with Gasteiger partial charge in [-0.15, -0.1) is 0 Å². The molecule has 5 heteroatoms. The van der Waals surface area contributed by atoms with Crippen molar-refractivity contribution < 1.29 is 9.53 Å². The van der Waals surface area contributed by atoms with E-state index in [9.17, 15) is 4.79 Å². The Hall–Kier alpha value is -1.36. The van der Waals surface area contributed by atoms with Crippen molar-refractivity contribution >= 4 is 5.91 Å². The molecule has 1 aliphatic rings. The predicted molar refractivity (Wildman–Crippen MR) is 49.8 cm³/mol. The Kier molecular flexibility index (Phi) is 2.49. The topological polar surface area (TPSA) is 67.0 Å². The molecule has 0 spiro atoms. The summed E-state index contributed by atoms with van der Waals surface area (Å²) in [6.07, 6.45) is 2.17. The van der Waals surface area contributed by atoms with Gasteiger partial charge < -0.3 is 10.1 Å². The minimum Gasteiger partial charge on any atom is -0.378 e. The highest BCUT2D eigenvalue weighted by Crippen LogP contribution is 2.19. The quantitative estimate of drug-likeness (QED) is 0.733. The monoisotopic (exact) mass is 195 g/mol. The average molecular weight is 195 g/mol. The largest absolute Gasteiger partial charge is 0.378 e. The van der Waals surface area contributed by atoms with Gasteiger partial charge in [0.25, 0.3) is 5.91 Å². The van der Waals surface area contributed by atoms with Crippen LogP contribution in [0.3, 0.4) is 0 Å². The van der Waals surface area contributed by atoms with Gasteiger partial charge in [-0.1, -0.05) is 0 Å². The van der Waals surface area contributed by atoms with Crippen LogP contribution in [0.4, 0.5) is 0 Å². The summed E-state index contributed by atoms with van der Waals surface area (Å²) in [6.45, 7) is 0.448. The Morgan fingerprint density at radius 1 is 1.79 bits per heavy atom. The van der Waals surface area contributed by atoms with Gasteiger partial charge in [-0.3, -0.25) is 9.89 Å². The second-order valence-electron chi connectivity index (χ2n) is 3.46. The molecule has 1 aromatic heterocycles. The number of rotatable bonds is 4. The number of aromatic amines is 1. The number of nitrogens with zero attached hydrogens (tertiary/aromatic N) is 1. The van der Waals surface area contributed by atoms with Crippen LogP contribution in [-0.4, -0.2) is 29.3 Å². The average Bonchev–Trinajstić information content (AvgIpc) is 2.83. The fourth-order valence-corrected chi connectivity index (χ4v) is 1.19. The van der Waals surface area contributed by atoms with E-state index >= 15 is 0 Å². The summed E-state index contributed by atoms with van der Waals surface area (Å²) in [4.78, 5) is 11.5. The van der Waals surface area contributed by atoms with Crippen molar-refractivity contribution in [2.75, 3.05) is 7.11 Å². The van der Waals surface area contributed by atoms with Crippen molar-refractivity contribution in [3.63, 3.8) is 0 Å². The maximum atomic E-state index is 11.5. The lowest BCUT2D eigenvalue weighted by Gasteiger charge is -1.97. The molecule has 0 aliphatic heterocycles. The van der Waals surface area contributed by atoms with E-state index in [0.29, 0.717) is 18.3 Å². The van der Waals surface area contributed by atoms with Crippen LogP contribution in [0.1, 0.15) is 29.0 Å². The smallest absolute Gasteiger partial charge is 0.271 e. The lowest BCUT2D eigenvalue weighted by molar-refractivity contribution is 0.0946. The Bertz CT molecular complexity index is 331. The first-order valence-corrected chi connectivity index (χ1v) is 4.63. The maximum Gasteiger partial charge on any atom is 0.271 e. The third kappa shape index (κ3) is 2.11. The standard InChI is InChI=1S/C9H13N3O2/c1-14-5-7-4-8(12-11-7)9(13)10-6-2-3-6/h4,6H,2-3,5H2,1H3,(H,10,13)(H,11,12). The van der Waals surface area contributed by atoms with Crippen LogP contribution in [0, 0.1) is 0 Å². The summed E-state index contributed by atoms with van der Waals surface area (Å²) < 4.78 is 4.91. The van der Waals surface area contributed by atoms with E-state index in [1.54, 1.807) is 13.2 Å². The van der Waals surface area contributed by atoms with Crippen LogP contribution < -0.4 is 5.32 Å². The van der Waals surface area contributed by atoms with Gasteiger partial charge in [0.2, 0.25) is 0 Å². The van der Waals surface area contributed by atoms with E-state index in [0.717, 1.165) is 18.5 Å². The van der Waals surface area contributed by atoms with Crippen LogP contribution in [0.15, 0.2) is 6.07 Å². The molecule has 5 nitrogen and oxygen atoms in total. The zero-order valence-electron chi connectivity index (χ0n) is 8.04. The van der Waals surface area contributed by atoms with E-state index in [1.165, 1.54) is 0 Å². The highest BCUT2D eigenvalue weighted by Gasteiger charge is 2.24. The minimum atomic E-state index is -0.105. The van der Waals surface area contributed by atoms with Crippen LogP contribution in [0.25, 0.3) is 0 Å². The molecule has 1 aliphatic carbocycles. The summed E-state index contributed by atoms with van der Waals surface area (Å²) in [7, 11) is 1.60. The number of H-pyrrole nitrogens is 1. The number of nitrogens with one attached hydrogen (secondary N) is 2. The summed E-state index contributed by atoms with van der Waals surface area (Å²) in [5, 5.41) is 9.51. The van der Waals surface area contributed by atoms with Crippen LogP contribution in [0.2, 0.25) is 0 Å². The Balaban J connectivity index is 1.96. The van der Waals surface area contributed by atoms with E-state index in [-0.39, 0.29) is 5.91 Å². The first-order chi connectivity index (χ1) is 6.79. The van der Waals surface area contributed by atoms with E-state index < -0.39 is 0 Å². The molecule has 0 saturated heterocycles. The van der Waals surface area contributed by atoms with Crippen molar-refractivity contribution in [3.05, 3.63) is 17.5 Å². The number of hydrogen-bond acceptors (Lipinski definition) is 3. The molecule has 0 unspecified atom stereocenters. The third-order valence-corrected chi connectivity index (χ3v) is 2.08. The number of carbonyl (C=O) groups is 1. The van der Waals surface area contributed by atoms with Gasteiger partial charge in [-0.2, -0.15) is 5.10 Å². The normalized spacial score (nSPS) is 15.5. The number of amides is 1. The number of ether oxygens (including phenoxy) is 1. The highest BCUT2D eigenvalue weighted by atomic mass is 16.5. The van der Waals surface area contributed by atoms with Crippen LogP contribution in [-0.2, 0) is 11.3 Å². The second-order valence-corrected chi connectivity index (χ2v) is 3.46. The molecule has 1 saturated carbocycles. The first-order valence-electron chi connectivity index (χ1n) is 4.63. The Morgan fingerprint density at radius 3 is 3.21 bits per heavy atom. The van der Waals surface area contributed by atoms with Crippen molar-refractivity contribution in [2.45, 2.75) is 25.5 Å². The SMILES string of the molecule is COCc1cc(C(=O)NC2CC2)n[nH]1. The number of aromatic nitrogens is 2. The molecule has 2 rings (SSSR count). The second kappa shape index (κ2) is 3.79. The highest BCUT2D eigenvalue weighted by molar-refractivity contribution is 5.92. The zero-order valence-corrected chi connectivity index (χ0v) is 8.04. The molecule has 14 heavy (non-hydrogen) atoms. The molecule has 1 fully saturated rings. The summed E-state index contributed by atoms with van der Waals surface area (Å²) in [6, 6.07) is 2.08. The first kappa shape index (κ1) is 9.21. The summed E-state index contributed by atoms with van der Waals surface area (Å²) in [5.74, 6) is -0.105. The van der Waals surface area contributed by atoms with Gasteiger partial charge in [0.1, 0.15) is 5.69 Å². The van der Waals surface area contributed by atoms with Crippen molar-refractivity contribution in [3.8, 4) is 0 Å². The lowest BCUT2D eigenvalue weighted by atomic mass is 10.3. The number of carbonyl (C=O) groups excluding carboxylic acids is 1. The van der Waals surface area contributed by atoms with Gasteiger partial charge in [0.05, 0.1) is 12.3 Å². The number of methoxy groups -OCH3 is 1. The fourth-order valence-electron chi connectivity index (χ4n) is 1.19. The predicted octanol–water partition coefficient (Wildman–Crippen LogP) is 0.448. The van der Waals surface area contributed by atoms with E-state index in [1.807, 2.05) is 0 Å². The zero-order chi connectivity index (χ0) is 9.97. The molecular weight excluding hydrogens is 182 g/mol. The molecule has 76 valence electrons. The van der Waals surface area contributed by atoms with Crippen molar-refractivity contribution in [1.29, 1.82) is 0 Å². The molecule has 0 aromatic carbocycles. The summed E-state index contributed by atoms with van der Waals surface area (Å²) >= 11 is 0. The molecular formula is C9H13N3O2. The van der Waals surface area contributed by atoms with Crippen molar-refractivity contribution in [1.82, 2.24) is 15.5 Å². The third-order valence-electron chi connectivity index (χ3n) is 2.08. The van der Waals surface area contributed by atoms with Gasteiger partial charge in [-0.25, -0.2) is 0 Å². The van der Waals surface area contributed by atoms with Crippen molar-refractivity contribution in [2.24, 2.45) is 0 Å². The van der Waals surface area contributed by atoms with Gasteiger partial charge >= 0.3 is 0 Å². The van der Waals surface area contributed by atoms with Gasteiger partial charge in [0, 0.05) is 13.2 Å². The molecule has 0 bridgehead atoms. The van der Waals surface area contributed by atoms with Crippen LogP contribution >= 0.6 is 0 Å². The number of hydrogen-bond donors (Lipinski definition) is 2. The van der Waals surface area contributed by atoms with Crippen LogP contribution in [0.5, 0.6) is 0 Å². The molecule has 1 heterocycles. The molecule has 1 aromatic rings. The van der Waals surface area contributed by atoms with Gasteiger partial charge in [0.15, 0.2) is 0 Å². The molecule has 2 N–H and O–H groups in total. The maximum absolute atomic E-state index is 11.5. The molecule has 0 atom stereocenters. The molecule has 0 radical (unpaired) electrons.